The number of allylic oxidation sites excluding steroid dienone is 1. The first-order chi connectivity index (χ1) is 11.8. The Kier molecular flexibility index (Phi) is 7.39. The Morgan fingerprint density at radius 1 is 1.04 bits per heavy atom. The van der Waals surface area contributed by atoms with Crippen molar-refractivity contribution < 1.29 is 52.7 Å². The van der Waals surface area contributed by atoms with Crippen LogP contribution in [-0.4, -0.2) is 15.4 Å². The Balaban J connectivity index is 0.00000121. The van der Waals surface area contributed by atoms with E-state index in [9.17, 15) is 5.11 Å². The molecule has 1 nitrogen and oxygen atoms in total. The molecule has 0 spiro atoms. The van der Waals surface area contributed by atoms with Gasteiger partial charge in [-0.15, -0.1) is 0 Å². The normalized spacial score (nSPS) is 22.1. The molecule has 0 fully saturated rings. The summed E-state index contributed by atoms with van der Waals surface area (Å²) >= 11 is -0.799. The van der Waals surface area contributed by atoms with Gasteiger partial charge in [-0.3, -0.25) is 0 Å². The molecule has 0 bridgehead atoms. The number of rotatable bonds is 4. The number of fused-ring (bicyclic) bond motifs is 2. The largest absolute Gasteiger partial charge is 1.00 e. The van der Waals surface area contributed by atoms with Gasteiger partial charge in [0.05, 0.1) is 0 Å². The van der Waals surface area contributed by atoms with Crippen LogP contribution in [0.4, 0.5) is 0 Å². The van der Waals surface area contributed by atoms with Gasteiger partial charge in [0.1, 0.15) is 0 Å². The van der Waals surface area contributed by atoms with E-state index in [0.717, 1.165) is 6.42 Å². The van der Waals surface area contributed by atoms with Crippen molar-refractivity contribution in [3.8, 4) is 0 Å². The van der Waals surface area contributed by atoms with Crippen LogP contribution in [-0.2, 0) is 25.9 Å². The summed E-state index contributed by atoms with van der Waals surface area (Å²) in [5.41, 5.74) is 7.01. The van der Waals surface area contributed by atoms with Crippen LogP contribution in [0.2, 0.25) is 0 Å². The van der Waals surface area contributed by atoms with Gasteiger partial charge in [-0.05, 0) is 0 Å². The molecule has 2 aliphatic rings. The molecule has 26 heavy (non-hydrogen) atoms. The Morgan fingerprint density at radius 2 is 1.73 bits per heavy atom. The predicted octanol–water partition coefficient (Wildman–Crippen LogP) is -1.62. The molecule has 0 aromatic heterocycles. The van der Waals surface area contributed by atoms with Gasteiger partial charge in [-0.25, -0.2) is 0 Å². The fourth-order valence-electron chi connectivity index (χ4n) is 4.30. The number of aliphatic hydroxyl groups excluding tert-OH is 1. The minimum absolute atomic E-state index is 0. The van der Waals surface area contributed by atoms with Gasteiger partial charge in [0.15, 0.2) is 0 Å². The number of hydrogen-bond donors (Lipinski definition) is 1. The van der Waals surface area contributed by atoms with Gasteiger partial charge in [-0.1, -0.05) is 0 Å². The third kappa shape index (κ3) is 3.38. The molecule has 2 aromatic carbocycles. The number of benzene rings is 2. The van der Waals surface area contributed by atoms with E-state index < -0.39 is 22.8 Å². The second-order valence-electron chi connectivity index (χ2n) is 6.48. The minimum atomic E-state index is -0.799. The predicted molar refractivity (Wildman–Crippen MR) is 97.8 cm³/mol. The van der Waals surface area contributed by atoms with Crippen LogP contribution < -0.4 is 24.8 Å². The smallest absolute Gasteiger partial charge is 1.00 e. The van der Waals surface area contributed by atoms with Crippen molar-refractivity contribution in [1.29, 1.82) is 0 Å². The van der Waals surface area contributed by atoms with Gasteiger partial charge in [-0.2, -0.15) is 0 Å². The Morgan fingerprint density at radius 3 is 2.46 bits per heavy atom. The van der Waals surface area contributed by atoms with E-state index in [1.807, 2.05) is 0 Å². The molecule has 4 rings (SSSR count). The molecule has 2 atom stereocenters. The molecule has 1 N–H and O–H groups in total. The summed E-state index contributed by atoms with van der Waals surface area (Å²) in [6, 6.07) is 17.6. The molecule has 133 valence electrons. The van der Waals surface area contributed by atoms with Crippen molar-refractivity contribution in [2.45, 2.75) is 22.4 Å². The van der Waals surface area contributed by atoms with Crippen molar-refractivity contribution in [2.75, 3.05) is 6.61 Å². The van der Waals surface area contributed by atoms with E-state index in [2.05, 4.69) is 77.4 Å². The van der Waals surface area contributed by atoms with Crippen LogP contribution in [0.15, 0.2) is 60.2 Å². The molecular formula is C22H21Cl2OZr. The van der Waals surface area contributed by atoms with Crippen molar-refractivity contribution in [2.24, 2.45) is 0 Å². The summed E-state index contributed by atoms with van der Waals surface area (Å²) < 4.78 is 2.58. The maximum absolute atomic E-state index is 9.62. The third-order valence-corrected chi connectivity index (χ3v) is 8.85. The topological polar surface area (TPSA) is 20.2 Å². The number of hydrogen-bond acceptors (Lipinski definition) is 1. The maximum Gasteiger partial charge on any atom is -1.00 e. The summed E-state index contributed by atoms with van der Waals surface area (Å²) in [5, 5.41) is 9.62. The molecule has 4 heteroatoms. The van der Waals surface area contributed by atoms with Gasteiger partial charge >= 0.3 is 155 Å². The van der Waals surface area contributed by atoms with Gasteiger partial charge in [0.2, 0.25) is 0 Å². The van der Waals surface area contributed by atoms with E-state index in [0.29, 0.717) is 5.92 Å². The van der Waals surface area contributed by atoms with Crippen molar-refractivity contribution >= 4 is 15.9 Å². The van der Waals surface area contributed by atoms with Crippen LogP contribution in [0.25, 0.3) is 12.2 Å². The second-order valence-corrected chi connectivity index (χ2v) is 10.6. The maximum atomic E-state index is 9.62. The molecular weight excluding hydrogens is 442 g/mol. The van der Waals surface area contributed by atoms with Crippen LogP contribution in [0, 0.1) is 0 Å². The van der Waals surface area contributed by atoms with E-state index in [-0.39, 0.29) is 34.5 Å². The summed E-state index contributed by atoms with van der Waals surface area (Å²) in [5.74, 6) is 0.378. The fourth-order valence-corrected chi connectivity index (χ4v) is 8.11. The van der Waals surface area contributed by atoms with Crippen molar-refractivity contribution in [3.63, 3.8) is 0 Å². The number of aliphatic hydroxyl groups is 1. The monoisotopic (exact) mass is 461 g/mol. The van der Waals surface area contributed by atoms with Crippen LogP contribution >= 0.6 is 0 Å². The standard InChI is InChI=1S/C20H17O.C2H4.2ClH.Zr/c21-12-11-16-13-15-6-2-4-8-18(15)20(16)19-10-9-14-5-1-3-7-17(14)19;1-2;;;/h1-10,13,20-21H,11-12H2;1H,2H3;2*1H;/q;;;;+2/p-2. The molecule has 2 unspecified atom stereocenters. The summed E-state index contributed by atoms with van der Waals surface area (Å²) in [7, 11) is 0. The molecule has 0 saturated carbocycles. The van der Waals surface area contributed by atoms with E-state index in [4.69, 9.17) is 0 Å². The van der Waals surface area contributed by atoms with E-state index >= 15 is 0 Å². The average molecular weight is 464 g/mol. The molecule has 0 saturated heterocycles. The van der Waals surface area contributed by atoms with Gasteiger partial charge < -0.3 is 24.8 Å². The average Bonchev–Trinajstić information content (AvgIpc) is 3.15. The van der Waals surface area contributed by atoms with Crippen LogP contribution in [0.3, 0.4) is 0 Å². The third-order valence-electron chi connectivity index (χ3n) is 5.19. The Bertz CT molecular complexity index is 872. The van der Waals surface area contributed by atoms with Crippen LogP contribution in [0.5, 0.6) is 0 Å². The molecule has 0 radical (unpaired) electrons. The zero-order chi connectivity index (χ0) is 16.6. The first kappa shape index (κ1) is 21.5. The van der Waals surface area contributed by atoms with Crippen molar-refractivity contribution in [1.82, 2.24) is 0 Å². The Labute approximate surface area is 179 Å². The zero-order valence-corrected chi connectivity index (χ0v) is 18.6. The van der Waals surface area contributed by atoms with E-state index in [1.165, 1.54) is 27.8 Å². The van der Waals surface area contributed by atoms with E-state index in [1.54, 1.807) is 0 Å². The SMILES string of the molecule is C[CH]=[Zr+2][C]1(C2C(CCO)=Cc3ccccc32)C=Cc2ccccc21.[Cl-].[Cl-]. The first-order valence-corrected chi connectivity index (χ1v) is 11.2. The quantitative estimate of drug-likeness (QED) is 0.579. The molecule has 0 heterocycles. The van der Waals surface area contributed by atoms with Crippen LogP contribution in [0.1, 0.15) is 41.5 Å². The Hall–Kier alpha value is -0.787. The molecule has 2 aliphatic carbocycles. The fraction of sp³-hybridized carbons (Fsp3) is 0.227. The van der Waals surface area contributed by atoms with Gasteiger partial charge in [0.25, 0.3) is 0 Å². The summed E-state index contributed by atoms with van der Waals surface area (Å²) in [6.45, 7) is 2.44. The second kappa shape index (κ2) is 8.93. The summed E-state index contributed by atoms with van der Waals surface area (Å²) in [4.78, 5) is 0. The molecule has 0 aliphatic heterocycles. The van der Waals surface area contributed by atoms with Crippen molar-refractivity contribution in [3.05, 3.63) is 82.4 Å². The molecule has 0 amide bonds. The molecule has 2 aromatic rings. The first-order valence-electron chi connectivity index (χ1n) is 8.54. The minimum Gasteiger partial charge on any atom is -1.00 e. The van der Waals surface area contributed by atoms with Gasteiger partial charge in [0, 0.05) is 0 Å². The summed E-state index contributed by atoms with van der Waals surface area (Å²) in [6.07, 6.45) is 7.88. The zero-order valence-electron chi connectivity index (χ0n) is 14.6. The number of halogens is 2.